The van der Waals surface area contributed by atoms with Crippen LogP contribution in [0.3, 0.4) is 0 Å². The number of para-hydroxylation sites is 1. The lowest BCUT2D eigenvalue weighted by Gasteiger charge is -2.23. The summed E-state index contributed by atoms with van der Waals surface area (Å²) in [5.74, 6) is 0. The van der Waals surface area contributed by atoms with Gasteiger partial charge >= 0.3 is 0 Å². The summed E-state index contributed by atoms with van der Waals surface area (Å²) in [4.78, 5) is 0. The highest BCUT2D eigenvalue weighted by atomic mass is 16.5. The molecule has 0 bridgehead atoms. The minimum absolute atomic E-state index is 0.338. The molecule has 0 spiro atoms. The molecule has 23 heavy (non-hydrogen) atoms. The summed E-state index contributed by atoms with van der Waals surface area (Å²) in [6.07, 6.45) is 0. The van der Waals surface area contributed by atoms with Gasteiger partial charge in [-0.3, -0.25) is 0 Å². The summed E-state index contributed by atoms with van der Waals surface area (Å²) in [6.45, 7) is 0. The fraction of sp³-hybridized carbons (Fsp3) is 0.0500. The van der Waals surface area contributed by atoms with Crippen LogP contribution in [0.5, 0.6) is 0 Å². The van der Waals surface area contributed by atoms with Crippen molar-refractivity contribution in [3.05, 3.63) is 107 Å². The lowest BCUT2D eigenvalue weighted by atomic mass is 9.81. The lowest BCUT2D eigenvalue weighted by molar-refractivity contribution is -0.358. The Kier molecular flexibility index (Phi) is 3.03. The van der Waals surface area contributed by atoms with Gasteiger partial charge in [-0.15, -0.1) is 0 Å². The Labute approximate surface area is 134 Å². The second-order valence-corrected chi connectivity index (χ2v) is 5.60. The molecule has 1 unspecified atom stereocenters. The van der Waals surface area contributed by atoms with E-state index >= 15 is 0 Å². The van der Waals surface area contributed by atoms with Gasteiger partial charge in [0.15, 0.2) is 0 Å². The van der Waals surface area contributed by atoms with Gasteiger partial charge in [-0.05, 0) is 23.8 Å². The number of fused-ring (bicyclic) bond motifs is 1. The SMILES string of the molecule is [O-][N+]1=C(c2ccccc2)C(O)(c2ccccc2)c2ccccc21. The Morgan fingerprint density at radius 1 is 0.739 bits per heavy atom. The van der Waals surface area contributed by atoms with E-state index in [0.717, 1.165) is 4.74 Å². The van der Waals surface area contributed by atoms with Crippen LogP contribution in [0.4, 0.5) is 5.69 Å². The minimum Gasteiger partial charge on any atom is -0.618 e. The van der Waals surface area contributed by atoms with E-state index in [2.05, 4.69) is 0 Å². The summed E-state index contributed by atoms with van der Waals surface area (Å²) in [7, 11) is 0. The van der Waals surface area contributed by atoms with E-state index in [9.17, 15) is 10.3 Å². The molecule has 112 valence electrons. The molecule has 3 heteroatoms. The van der Waals surface area contributed by atoms with Gasteiger partial charge in [-0.2, -0.15) is 4.74 Å². The molecular weight excluding hydrogens is 286 g/mol. The Morgan fingerprint density at radius 3 is 2.00 bits per heavy atom. The summed E-state index contributed by atoms with van der Waals surface area (Å²) >= 11 is 0. The van der Waals surface area contributed by atoms with Crippen molar-refractivity contribution in [2.45, 2.75) is 5.60 Å². The van der Waals surface area contributed by atoms with Crippen molar-refractivity contribution >= 4 is 11.4 Å². The standard InChI is InChI=1S/C20H15NO2/c22-20(16-11-5-2-6-12-16)17-13-7-8-14-18(17)21(23)19(20)15-9-3-1-4-10-15/h1-14,22H. The van der Waals surface area contributed by atoms with Gasteiger partial charge in [-0.1, -0.05) is 60.7 Å². The average Bonchev–Trinajstić information content (AvgIpc) is 2.86. The van der Waals surface area contributed by atoms with Gasteiger partial charge in [-0.25, -0.2) is 0 Å². The predicted molar refractivity (Wildman–Crippen MR) is 89.7 cm³/mol. The molecule has 0 radical (unpaired) electrons. The number of aliphatic hydroxyl groups is 1. The fourth-order valence-corrected chi connectivity index (χ4v) is 3.25. The zero-order chi connectivity index (χ0) is 15.9. The zero-order valence-electron chi connectivity index (χ0n) is 12.4. The first-order valence-corrected chi connectivity index (χ1v) is 7.50. The van der Waals surface area contributed by atoms with Crippen molar-refractivity contribution in [2.75, 3.05) is 0 Å². The zero-order valence-corrected chi connectivity index (χ0v) is 12.4. The molecule has 4 rings (SSSR count). The van der Waals surface area contributed by atoms with Crippen LogP contribution in [0.2, 0.25) is 0 Å². The fourth-order valence-electron chi connectivity index (χ4n) is 3.25. The topological polar surface area (TPSA) is 46.3 Å². The third-order valence-electron chi connectivity index (χ3n) is 4.30. The van der Waals surface area contributed by atoms with Gasteiger partial charge in [0.2, 0.25) is 17.0 Å². The summed E-state index contributed by atoms with van der Waals surface area (Å²) in [5.41, 5.74) is 1.37. The Hall–Kier alpha value is -2.91. The molecule has 0 amide bonds. The average molecular weight is 301 g/mol. The molecule has 3 aromatic carbocycles. The normalized spacial score (nSPS) is 19.7. The smallest absolute Gasteiger partial charge is 0.242 e. The van der Waals surface area contributed by atoms with Gasteiger partial charge in [0.1, 0.15) is 0 Å². The number of benzene rings is 3. The highest BCUT2D eigenvalue weighted by molar-refractivity contribution is 6.08. The maximum atomic E-state index is 12.9. The van der Waals surface area contributed by atoms with E-state index in [1.165, 1.54) is 0 Å². The largest absolute Gasteiger partial charge is 0.618 e. The third kappa shape index (κ3) is 1.91. The second-order valence-electron chi connectivity index (χ2n) is 5.60. The monoisotopic (exact) mass is 301 g/mol. The lowest BCUT2D eigenvalue weighted by Crippen LogP contribution is -2.36. The van der Waals surface area contributed by atoms with Crippen molar-refractivity contribution in [1.29, 1.82) is 0 Å². The second kappa shape index (κ2) is 5.07. The number of rotatable bonds is 2. The van der Waals surface area contributed by atoms with E-state index in [4.69, 9.17) is 0 Å². The summed E-state index contributed by atoms with van der Waals surface area (Å²) in [6, 6.07) is 25.8. The summed E-state index contributed by atoms with van der Waals surface area (Å²) in [5, 5.41) is 24.5. The molecule has 1 aliphatic heterocycles. The van der Waals surface area contributed by atoms with Crippen LogP contribution in [0, 0.1) is 5.21 Å². The van der Waals surface area contributed by atoms with Crippen molar-refractivity contribution in [1.82, 2.24) is 0 Å². The molecule has 1 heterocycles. The van der Waals surface area contributed by atoms with Crippen LogP contribution in [0.1, 0.15) is 16.7 Å². The van der Waals surface area contributed by atoms with E-state index in [1.54, 1.807) is 6.07 Å². The van der Waals surface area contributed by atoms with Crippen LogP contribution in [-0.4, -0.2) is 15.6 Å². The van der Waals surface area contributed by atoms with E-state index in [1.807, 2.05) is 78.9 Å². The minimum atomic E-state index is -1.46. The van der Waals surface area contributed by atoms with Crippen LogP contribution in [0.15, 0.2) is 84.9 Å². The van der Waals surface area contributed by atoms with Gasteiger partial charge in [0, 0.05) is 11.6 Å². The van der Waals surface area contributed by atoms with Crippen molar-refractivity contribution in [3.8, 4) is 0 Å². The quantitative estimate of drug-likeness (QED) is 0.581. The molecule has 3 aromatic rings. The third-order valence-corrected chi connectivity index (χ3v) is 4.30. The molecular formula is C20H15NO2. The number of hydrogen-bond donors (Lipinski definition) is 1. The van der Waals surface area contributed by atoms with Crippen LogP contribution in [0.25, 0.3) is 0 Å². The molecule has 1 N–H and O–H groups in total. The van der Waals surface area contributed by atoms with Crippen LogP contribution < -0.4 is 0 Å². The van der Waals surface area contributed by atoms with E-state index in [-0.39, 0.29) is 0 Å². The number of hydrogen-bond acceptors (Lipinski definition) is 2. The molecule has 1 aliphatic rings. The first-order valence-electron chi connectivity index (χ1n) is 7.50. The van der Waals surface area contributed by atoms with Crippen molar-refractivity contribution in [2.24, 2.45) is 0 Å². The molecule has 0 saturated carbocycles. The summed E-state index contributed by atoms with van der Waals surface area (Å²) < 4.78 is 0.845. The Morgan fingerprint density at radius 2 is 1.30 bits per heavy atom. The van der Waals surface area contributed by atoms with Crippen LogP contribution >= 0.6 is 0 Å². The maximum absolute atomic E-state index is 12.9. The first kappa shape index (κ1) is 13.7. The highest BCUT2D eigenvalue weighted by Crippen LogP contribution is 2.43. The molecule has 3 nitrogen and oxygen atoms in total. The van der Waals surface area contributed by atoms with Gasteiger partial charge in [0.25, 0.3) is 0 Å². The molecule has 1 atom stereocenters. The Bertz CT molecular complexity index is 888. The van der Waals surface area contributed by atoms with Crippen molar-refractivity contribution in [3.63, 3.8) is 0 Å². The maximum Gasteiger partial charge on any atom is 0.242 e. The molecule has 0 fully saturated rings. The highest BCUT2D eigenvalue weighted by Gasteiger charge is 2.51. The van der Waals surface area contributed by atoms with Crippen LogP contribution in [-0.2, 0) is 5.60 Å². The van der Waals surface area contributed by atoms with Gasteiger partial charge < -0.3 is 10.3 Å². The molecule has 0 saturated heterocycles. The van der Waals surface area contributed by atoms with Gasteiger partial charge in [0.05, 0.1) is 5.56 Å². The number of nitrogens with zero attached hydrogens (tertiary/aromatic N) is 1. The van der Waals surface area contributed by atoms with Crippen molar-refractivity contribution < 1.29 is 9.85 Å². The molecule has 0 aliphatic carbocycles. The molecule has 0 aromatic heterocycles. The Balaban J connectivity index is 2.05. The first-order chi connectivity index (χ1) is 11.2. The van der Waals surface area contributed by atoms with E-state index in [0.29, 0.717) is 28.1 Å². The van der Waals surface area contributed by atoms with E-state index < -0.39 is 5.60 Å². The predicted octanol–water partition coefficient (Wildman–Crippen LogP) is 3.57.